The van der Waals surface area contributed by atoms with Crippen molar-refractivity contribution in [3.63, 3.8) is 0 Å². The predicted octanol–water partition coefficient (Wildman–Crippen LogP) is 2.06. The molecular formula is C13H17BrN2O3S. The van der Waals surface area contributed by atoms with Crippen molar-refractivity contribution in [2.24, 2.45) is 5.92 Å². The molecule has 110 valence electrons. The fraction of sp³-hybridized carbons (Fsp3) is 0.692. The van der Waals surface area contributed by atoms with Crippen LogP contribution in [0.1, 0.15) is 24.3 Å². The van der Waals surface area contributed by atoms with Crippen LogP contribution in [0.3, 0.4) is 0 Å². The van der Waals surface area contributed by atoms with E-state index in [2.05, 4.69) is 26.2 Å². The molecule has 5 nitrogen and oxygen atoms in total. The maximum absolute atomic E-state index is 11.4. The first-order valence-corrected chi connectivity index (χ1v) is 8.37. The van der Waals surface area contributed by atoms with Crippen molar-refractivity contribution in [2.75, 3.05) is 20.3 Å². The Morgan fingerprint density at radius 2 is 2.55 bits per heavy atom. The van der Waals surface area contributed by atoms with Crippen LogP contribution in [0.2, 0.25) is 0 Å². The molecule has 1 aromatic rings. The number of thiazole rings is 1. The highest BCUT2D eigenvalue weighted by molar-refractivity contribution is 9.10. The lowest BCUT2D eigenvalue weighted by atomic mass is 9.76. The maximum Gasteiger partial charge on any atom is 0.331 e. The van der Waals surface area contributed by atoms with Crippen molar-refractivity contribution in [1.82, 2.24) is 10.3 Å². The summed E-state index contributed by atoms with van der Waals surface area (Å²) in [4.78, 5) is 16.0. The number of fused-ring (bicyclic) bond motifs is 2. The zero-order valence-electron chi connectivity index (χ0n) is 11.2. The van der Waals surface area contributed by atoms with Crippen LogP contribution in [0.15, 0.2) is 9.98 Å². The molecule has 2 heterocycles. The highest BCUT2D eigenvalue weighted by atomic mass is 79.9. The second-order valence-electron chi connectivity index (χ2n) is 5.31. The minimum absolute atomic E-state index is 0.0190. The summed E-state index contributed by atoms with van der Waals surface area (Å²) in [6.07, 6.45) is 3.03. The van der Waals surface area contributed by atoms with Crippen molar-refractivity contribution in [3.8, 4) is 0 Å². The van der Waals surface area contributed by atoms with Gasteiger partial charge in [0.05, 0.1) is 7.11 Å². The standard InChI is InChI=1S/C13H17BrN2O3S/c1-18-11(17)6-19-13(12-16-10(14)7-20-12)3-2-9-4-8(13)5-15-9/h7-9,15H,2-6H2,1H3. The van der Waals surface area contributed by atoms with Crippen molar-refractivity contribution in [2.45, 2.75) is 30.9 Å². The summed E-state index contributed by atoms with van der Waals surface area (Å²) in [7, 11) is 1.38. The average molecular weight is 361 g/mol. The van der Waals surface area contributed by atoms with Gasteiger partial charge >= 0.3 is 5.97 Å². The van der Waals surface area contributed by atoms with Crippen molar-refractivity contribution >= 4 is 33.2 Å². The van der Waals surface area contributed by atoms with Gasteiger partial charge in [-0.15, -0.1) is 11.3 Å². The van der Waals surface area contributed by atoms with Gasteiger partial charge in [-0.1, -0.05) is 0 Å². The van der Waals surface area contributed by atoms with Gasteiger partial charge in [0.2, 0.25) is 0 Å². The van der Waals surface area contributed by atoms with Crippen LogP contribution in [0.4, 0.5) is 0 Å². The monoisotopic (exact) mass is 360 g/mol. The Kier molecular flexibility index (Phi) is 4.12. The molecule has 1 saturated heterocycles. The summed E-state index contributed by atoms with van der Waals surface area (Å²) in [5.74, 6) is 0.0250. The zero-order valence-corrected chi connectivity index (χ0v) is 13.6. The molecule has 0 spiro atoms. The van der Waals surface area contributed by atoms with Gasteiger partial charge in [-0.2, -0.15) is 0 Å². The van der Waals surface area contributed by atoms with Crippen LogP contribution in [-0.2, 0) is 19.9 Å². The number of carbonyl (C=O) groups is 1. The highest BCUT2D eigenvalue weighted by Gasteiger charge is 2.51. The SMILES string of the molecule is COC(=O)COC1(c2nc(Br)cs2)CCC2CC1CN2. The van der Waals surface area contributed by atoms with Crippen LogP contribution in [0, 0.1) is 5.92 Å². The number of methoxy groups -OCH3 is 1. The summed E-state index contributed by atoms with van der Waals surface area (Å²) in [5.41, 5.74) is -0.453. The van der Waals surface area contributed by atoms with Crippen LogP contribution >= 0.6 is 27.3 Å². The second-order valence-corrected chi connectivity index (χ2v) is 6.98. The largest absolute Gasteiger partial charge is 0.467 e. The van der Waals surface area contributed by atoms with E-state index >= 15 is 0 Å². The number of hydrogen-bond donors (Lipinski definition) is 1. The molecule has 0 radical (unpaired) electrons. The fourth-order valence-electron chi connectivity index (χ4n) is 3.22. The first kappa shape index (κ1) is 14.4. The lowest BCUT2D eigenvalue weighted by Crippen LogP contribution is -2.42. The van der Waals surface area contributed by atoms with E-state index < -0.39 is 5.60 Å². The molecule has 2 bridgehead atoms. The number of esters is 1. The predicted molar refractivity (Wildman–Crippen MR) is 78.6 cm³/mol. The van der Waals surface area contributed by atoms with Crippen LogP contribution in [0.25, 0.3) is 0 Å². The molecule has 1 N–H and O–H groups in total. The summed E-state index contributed by atoms with van der Waals surface area (Å²) < 4.78 is 11.6. The molecule has 2 aliphatic rings. The van der Waals surface area contributed by atoms with Gasteiger partial charge in [-0.05, 0) is 35.2 Å². The average Bonchev–Trinajstić information content (AvgIpc) is 3.06. The van der Waals surface area contributed by atoms with Gasteiger partial charge in [0.25, 0.3) is 0 Å². The molecule has 1 aliphatic heterocycles. The third-order valence-electron chi connectivity index (χ3n) is 4.26. The number of ether oxygens (including phenoxy) is 2. The Bertz CT molecular complexity index is 510. The Labute approximate surface area is 130 Å². The fourth-order valence-corrected chi connectivity index (χ4v) is 4.73. The number of rotatable bonds is 4. The van der Waals surface area contributed by atoms with Gasteiger partial charge in [-0.3, -0.25) is 0 Å². The third-order valence-corrected chi connectivity index (χ3v) is 5.97. The van der Waals surface area contributed by atoms with E-state index in [-0.39, 0.29) is 12.6 Å². The summed E-state index contributed by atoms with van der Waals surface area (Å²) >= 11 is 4.99. The molecule has 7 heteroatoms. The summed E-state index contributed by atoms with van der Waals surface area (Å²) in [6, 6.07) is 0.582. The zero-order chi connectivity index (χ0) is 14.2. The molecule has 3 unspecified atom stereocenters. The second kappa shape index (κ2) is 5.71. The number of carbonyl (C=O) groups excluding carboxylic acids is 1. The quantitative estimate of drug-likeness (QED) is 0.832. The van der Waals surface area contributed by atoms with Gasteiger partial charge < -0.3 is 14.8 Å². The van der Waals surface area contributed by atoms with E-state index in [9.17, 15) is 4.79 Å². The Morgan fingerprint density at radius 3 is 3.25 bits per heavy atom. The van der Waals surface area contributed by atoms with Crippen LogP contribution in [0.5, 0.6) is 0 Å². The number of aromatic nitrogens is 1. The van der Waals surface area contributed by atoms with Crippen LogP contribution < -0.4 is 5.32 Å². The van der Waals surface area contributed by atoms with E-state index in [1.807, 2.05) is 5.38 Å². The molecule has 0 aromatic carbocycles. The first-order chi connectivity index (χ1) is 9.64. The van der Waals surface area contributed by atoms with Crippen molar-refractivity contribution in [3.05, 3.63) is 15.0 Å². The Morgan fingerprint density at radius 1 is 1.70 bits per heavy atom. The highest BCUT2D eigenvalue weighted by Crippen LogP contribution is 2.48. The minimum atomic E-state index is -0.453. The van der Waals surface area contributed by atoms with Crippen molar-refractivity contribution in [1.29, 1.82) is 0 Å². The Hall–Kier alpha value is -0.500. The Balaban J connectivity index is 1.88. The molecule has 3 atom stereocenters. The first-order valence-electron chi connectivity index (χ1n) is 6.69. The van der Waals surface area contributed by atoms with Gasteiger partial charge in [0, 0.05) is 23.9 Å². The molecule has 1 aliphatic carbocycles. The third kappa shape index (κ3) is 2.52. The van der Waals surface area contributed by atoms with E-state index in [0.717, 1.165) is 35.4 Å². The minimum Gasteiger partial charge on any atom is -0.467 e. The smallest absolute Gasteiger partial charge is 0.331 e. The van der Waals surface area contributed by atoms with E-state index in [4.69, 9.17) is 9.47 Å². The number of nitrogens with one attached hydrogen (secondary N) is 1. The van der Waals surface area contributed by atoms with Gasteiger partial charge in [0.15, 0.2) is 0 Å². The molecule has 0 amide bonds. The number of halogens is 1. The number of nitrogens with zero attached hydrogens (tertiary/aromatic N) is 1. The summed E-state index contributed by atoms with van der Waals surface area (Å²) in [6.45, 7) is 0.901. The molecule has 3 rings (SSSR count). The molecule has 1 aromatic heterocycles. The molecular weight excluding hydrogens is 344 g/mol. The molecule has 20 heavy (non-hydrogen) atoms. The normalized spacial score (nSPS) is 32.3. The van der Waals surface area contributed by atoms with Crippen LogP contribution in [-0.4, -0.2) is 37.3 Å². The molecule has 1 saturated carbocycles. The van der Waals surface area contributed by atoms with E-state index in [0.29, 0.717) is 12.0 Å². The summed E-state index contributed by atoms with van der Waals surface area (Å²) in [5, 5.41) is 6.44. The van der Waals surface area contributed by atoms with E-state index in [1.165, 1.54) is 7.11 Å². The van der Waals surface area contributed by atoms with Gasteiger partial charge in [-0.25, -0.2) is 9.78 Å². The van der Waals surface area contributed by atoms with Gasteiger partial charge in [0.1, 0.15) is 21.8 Å². The van der Waals surface area contributed by atoms with E-state index in [1.54, 1.807) is 11.3 Å². The number of hydrogen-bond acceptors (Lipinski definition) is 6. The maximum atomic E-state index is 11.4. The van der Waals surface area contributed by atoms with Crippen molar-refractivity contribution < 1.29 is 14.3 Å². The molecule has 2 fully saturated rings. The lowest BCUT2D eigenvalue weighted by molar-refractivity contribution is -0.161. The topological polar surface area (TPSA) is 60.5 Å². The lowest BCUT2D eigenvalue weighted by Gasteiger charge is -2.39.